The van der Waals surface area contributed by atoms with Crippen LogP contribution in [0.4, 0.5) is 10.1 Å². The van der Waals surface area contributed by atoms with Crippen LogP contribution in [0, 0.1) is 19.7 Å². The minimum atomic E-state index is -0.219. The van der Waals surface area contributed by atoms with Crippen molar-refractivity contribution in [1.82, 2.24) is 24.5 Å². The number of rotatable bonds is 5. The topological polar surface area (TPSA) is 66.6 Å². The number of amides is 1. The number of carbonyl (C=O) groups is 1. The van der Waals surface area contributed by atoms with Crippen LogP contribution in [0.3, 0.4) is 0 Å². The second-order valence-corrected chi connectivity index (χ2v) is 8.16. The Balaban J connectivity index is 1.39. The average Bonchev–Trinajstić information content (AvgIpc) is 3.17. The molecule has 0 bridgehead atoms. The van der Waals surface area contributed by atoms with Gasteiger partial charge in [-0.3, -0.25) is 4.79 Å². The van der Waals surface area contributed by atoms with Gasteiger partial charge in [-0.15, -0.1) is 5.10 Å². The summed E-state index contributed by atoms with van der Waals surface area (Å²) in [5, 5.41) is 5.15. The van der Waals surface area contributed by atoms with Crippen molar-refractivity contribution in [2.24, 2.45) is 0 Å². The Hall–Kier alpha value is -2.68. The summed E-state index contributed by atoms with van der Waals surface area (Å²) in [5.41, 5.74) is 3.51. The van der Waals surface area contributed by atoms with E-state index in [1.807, 2.05) is 36.0 Å². The molecule has 1 aliphatic rings. The Bertz CT molecular complexity index is 1080. The molecular weight excluding hydrogens is 403 g/mol. The normalized spacial score (nSPS) is 14.5. The standard InChI is InChI=1S/C21H25FN6OS/c1-14-16(15(2)28-20(23-14)24-21(25-28)30-3)8-9-19(29)27-12-10-26(11-13-27)18-7-5-4-6-17(18)22/h4-7H,8-13H2,1-3H3. The Morgan fingerprint density at radius 2 is 1.87 bits per heavy atom. The summed E-state index contributed by atoms with van der Waals surface area (Å²) < 4.78 is 15.8. The van der Waals surface area contributed by atoms with Gasteiger partial charge in [-0.25, -0.2) is 13.9 Å². The van der Waals surface area contributed by atoms with Crippen molar-refractivity contribution in [2.75, 3.05) is 37.3 Å². The molecule has 0 saturated carbocycles. The Kier molecular flexibility index (Phi) is 5.90. The minimum absolute atomic E-state index is 0.116. The highest BCUT2D eigenvalue weighted by Gasteiger charge is 2.23. The monoisotopic (exact) mass is 428 g/mol. The number of aryl methyl sites for hydroxylation is 2. The minimum Gasteiger partial charge on any atom is -0.366 e. The van der Waals surface area contributed by atoms with Crippen molar-refractivity contribution in [3.63, 3.8) is 0 Å². The van der Waals surface area contributed by atoms with Crippen molar-refractivity contribution in [2.45, 2.75) is 31.8 Å². The number of hydrogen-bond acceptors (Lipinski definition) is 6. The molecule has 0 aliphatic carbocycles. The van der Waals surface area contributed by atoms with E-state index in [2.05, 4.69) is 15.1 Å². The van der Waals surface area contributed by atoms with Crippen LogP contribution in [0.25, 0.3) is 5.78 Å². The number of aromatic nitrogens is 4. The Morgan fingerprint density at radius 3 is 2.57 bits per heavy atom. The van der Waals surface area contributed by atoms with Crippen LogP contribution >= 0.6 is 11.8 Å². The summed E-state index contributed by atoms with van der Waals surface area (Å²) in [6.45, 7) is 6.41. The van der Waals surface area contributed by atoms with Gasteiger partial charge in [0, 0.05) is 44.0 Å². The summed E-state index contributed by atoms with van der Waals surface area (Å²) in [4.78, 5) is 25.6. The molecule has 3 aromatic rings. The van der Waals surface area contributed by atoms with E-state index < -0.39 is 0 Å². The number of carbonyl (C=O) groups excluding carboxylic acids is 1. The molecule has 0 atom stereocenters. The summed E-state index contributed by atoms with van der Waals surface area (Å²) in [6, 6.07) is 6.78. The lowest BCUT2D eigenvalue weighted by Crippen LogP contribution is -2.49. The number of piperazine rings is 1. The third-order valence-corrected chi connectivity index (χ3v) is 6.16. The summed E-state index contributed by atoms with van der Waals surface area (Å²) in [7, 11) is 0. The summed E-state index contributed by atoms with van der Waals surface area (Å²) >= 11 is 1.48. The van der Waals surface area contributed by atoms with Gasteiger partial charge in [-0.2, -0.15) is 4.98 Å². The molecule has 158 valence electrons. The molecule has 7 nitrogen and oxygen atoms in total. The van der Waals surface area contributed by atoms with Crippen molar-refractivity contribution < 1.29 is 9.18 Å². The fourth-order valence-corrected chi connectivity index (χ4v) is 4.27. The second kappa shape index (κ2) is 8.59. The molecule has 1 aromatic carbocycles. The fourth-order valence-electron chi connectivity index (χ4n) is 3.93. The molecular formula is C21H25FN6OS. The summed E-state index contributed by atoms with van der Waals surface area (Å²) in [5.74, 6) is 0.489. The zero-order valence-corrected chi connectivity index (χ0v) is 18.2. The van der Waals surface area contributed by atoms with Crippen LogP contribution in [-0.2, 0) is 11.2 Å². The maximum absolute atomic E-state index is 14.0. The van der Waals surface area contributed by atoms with Crippen molar-refractivity contribution in [1.29, 1.82) is 0 Å². The molecule has 0 spiro atoms. The van der Waals surface area contributed by atoms with E-state index in [9.17, 15) is 9.18 Å². The average molecular weight is 429 g/mol. The zero-order chi connectivity index (χ0) is 21.3. The number of benzene rings is 1. The largest absolute Gasteiger partial charge is 0.366 e. The third kappa shape index (κ3) is 3.98. The first kappa shape index (κ1) is 20.6. The lowest BCUT2D eigenvalue weighted by molar-refractivity contribution is -0.131. The number of para-hydroxylation sites is 1. The van der Waals surface area contributed by atoms with Crippen LogP contribution in [0.2, 0.25) is 0 Å². The number of nitrogens with zero attached hydrogens (tertiary/aromatic N) is 6. The maximum Gasteiger partial charge on any atom is 0.253 e. The number of thioether (sulfide) groups is 1. The molecule has 9 heteroatoms. The smallest absolute Gasteiger partial charge is 0.253 e. The predicted molar refractivity (Wildman–Crippen MR) is 116 cm³/mol. The first-order valence-corrected chi connectivity index (χ1v) is 11.2. The van der Waals surface area contributed by atoms with Crippen molar-refractivity contribution >= 4 is 29.1 Å². The van der Waals surface area contributed by atoms with Gasteiger partial charge in [-0.1, -0.05) is 23.9 Å². The number of anilines is 1. The molecule has 1 saturated heterocycles. The molecule has 1 amide bonds. The van der Waals surface area contributed by atoms with Crippen molar-refractivity contribution in [3.8, 4) is 0 Å². The number of fused-ring (bicyclic) bond motifs is 1. The van der Waals surface area contributed by atoms with E-state index in [0.717, 1.165) is 17.0 Å². The quantitative estimate of drug-likeness (QED) is 0.582. The van der Waals surface area contributed by atoms with Crippen LogP contribution < -0.4 is 4.90 Å². The van der Waals surface area contributed by atoms with Gasteiger partial charge in [0.1, 0.15) is 5.82 Å². The maximum atomic E-state index is 14.0. The third-order valence-electron chi connectivity index (χ3n) is 5.63. The van der Waals surface area contributed by atoms with Gasteiger partial charge in [0.05, 0.1) is 5.69 Å². The van der Waals surface area contributed by atoms with E-state index >= 15 is 0 Å². The molecule has 30 heavy (non-hydrogen) atoms. The van der Waals surface area contributed by atoms with Crippen LogP contribution in [0.15, 0.2) is 29.4 Å². The predicted octanol–water partition coefficient (Wildman–Crippen LogP) is 2.88. The van der Waals surface area contributed by atoms with Gasteiger partial charge in [0.15, 0.2) is 0 Å². The van der Waals surface area contributed by atoms with Gasteiger partial charge in [-0.05, 0) is 44.2 Å². The van der Waals surface area contributed by atoms with E-state index in [1.165, 1.54) is 17.8 Å². The van der Waals surface area contributed by atoms with Crippen molar-refractivity contribution in [3.05, 3.63) is 47.0 Å². The molecule has 0 unspecified atom stereocenters. The Morgan fingerprint density at radius 1 is 1.13 bits per heavy atom. The van der Waals surface area contributed by atoms with E-state index in [0.29, 0.717) is 55.6 Å². The summed E-state index contributed by atoms with van der Waals surface area (Å²) in [6.07, 6.45) is 2.96. The van der Waals surface area contributed by atoms with Crippen LogP contribution in [-0.4, -0.2) is 62.8 Å². The number of hydrogen-bond donors (Lipinski definition) is 0. The van der Waals surface area contributed by atoms with Gasteiger partial charge in [0.2, 0.25) is 11.1 Å². The SMILES string of the molecule is CSc1nc2nc(C)c(CCC(=O)N3CCN(c4ccccc4F)CC3)c(C)n2n1. The highest BCUT2D eigenvalue weighted by Crippen LogP contribution is 2.21. The molecule has 3 heterocycles. The number of halogens is 1. The van der Waals surface area contributed by atoms with Crippen LogP contribution in [0.5, 0.6) is 0 Å². The molecule has 1 fully saturated rings. The highest BCUT2D eigenvalue weighted by molar-refractivity contribution is 7.98. The second-order valence-electron chi connectivity index (χ2n) is 7.39. The van der Waals surface area contributed by atoms with Gasteiger partial charge < -0.3 is 9.80 Å². The Labute approximate surface area is 179 Å². The zero-order valence-electron chi connectivity index (χ0n) is 17.4. The first-order chi connectivity index (χ1) is 14.5. The highest BCUT2D eigenvalue weighted by atomic mass is 32.2. The molecule has 2 aromatic heterocycles. The molecule has 0 radical (unpaired) electrons. The van der Waals surface area contributed by atoms with Gasteiger partial charge in [0.25, 0.3) is 5.78 Å². The van der Waals surface area contributed by atoms with E-state index in [4.69, 9.17) is 0 Å². The molecule has 1 aliphatic heterocycles. The van der Waals surface area contributed by atoms with Gasteiger partial charge >= 0.3 is 0 Å². The van der Waals surface area contributed by atoms with E-state index in [1.54, 1.807) is 16.6 Å². The van der Waals surface area contributed by atoms with E-state index in [-0.39, 0.29) is 11.7 Å². The molecule has 4 rings (SSSR count). The lowest BCUT2D eigenvalue weighted by atomic mass is 10.1. The van der Waals surface area contributed by atoms with Crippen LogP contribution in [0.1, 0.15) is 23.4 Å². The fraction of sp³-hybridized carbons (Fsp3) is 0.429. The molecule has 0 N–H and O–H groups in total. The lowest BCUT2D eigenvalue weighted by Gasteiger charge is -2.36. The first-order valence-electron chi connectivity index (χ1n) is 10.0.